The summed E-state index contributed by atoms with van der Waals surface area (Å²) in [7, 11) is 0. The van der Waals surface area contributed by atoms with Gasteiger partial charge in [-0.3, -0.25) is 0 Å². The molecule has 2 saturated heterocycles. The standard InChI is InChI=1S/C14H19N/c1-11-5-7-12(8-6-11)14-9-3-2-4-13(10-14)15-14/h5-8,13,15H,2-4,9-10H2,1H3. The van der Waals surface area contributed by atoms with Crippen molar-refractivity contribution in [2.45, 2.75) is 50.6 Å². The van der Waals surface area contributed by atoms with Crippen LogP contribution in [0, 0.1) is 6.92 Å². The first-order valence-electron chi connectivity index (χ1n) is 6.13. The summed E-state index contributed by atoms with van der Waals surface area (Å²) in [6.07, 6.45) is 6.86. The third-order valence-electron chi connectivity index (χ3n) is 4.09. The van der Waals surface area contributed by atoms with Crippen LogP contribution in [0.25, 0.3) is 0 Å². The highest BCUT2D eigenvalue weighted by molar-refractivity contribution is 5.31. The average Bonchev–Trinajstić information content (AvgIpc) is 2.51. The lowest BCUT2D eigenvalue weighted by Gasteiger charge is -2.48. The second-order valence-electron chi connectivity index (χ2n) is 5.24. The molecule has 0 radical (unpaired) electrons. The molecule has 2 bridgehead atoms. The number of rotatable bonds is 1. The molecule has 3 fully saturated rings. The van der Waals surface area contributed by atoms with Gasteiger partial charge in [-0.05, 0) is 31.7 Å². The maximum absolute atomic E-state index is 3.79. The predicted octanol–water partition coefficient (Wildman–Crippen LogP) is 3.13. The highest BCUT2D eigenvalue weighted by Crippen LogP contribution is 2.43. The lowest BCUT2D eigenvalue weighted by molar-refractivity contribution is 0.138. The fourth-order valence-corrected chi connectivity index (χ4v) is 3.17. The van der Waals surface area contributed by atoms with Gasteiger partial charge in [-0.25, -0.2) is 0 Å². The maximum atomic E-state index is 3.79. The van der Waals surface area contributed by atoms with Crippen molar-refractivity contribution >= 4 is 0 Å². The van der Waals surface area contributed by atoms with Crippen LogP contribution in [0.1, 0.15) is 43.2 Å². The maximum Gasteiger partial charge on any atom is 0.0451 e. The molecule has 4 rings (SSSR count). The van der Waals surface area contributed by atoms with Gasteiger partial charge in [0.25, 0.3) is 0 Å². The van der Waals surface area contributed by atoms with Crippen molar-refractivity contribution in [2.75, 3.05) is 0 Å². The van der Waals surface area contributed by atoms with Gasteiger partial charge in [0.1, 0.15) is 0 Å². The molecule has 1 heteroatoms. The monoisotopic (exact) mass is 201 g/mol. The SMILES string of the molecule is Cc1ccc(C23CCCCC(C2)N3)cc1. The summed E-state index contributed by atoms with van der Waals surface area (Å²) in [4.78, 5) is 0. The van der Waals surface area contributed by atoms with Crippen LogP contribution in [0.15, 0.2) is 24.3 Å². The van der Waals surface area contributed by atoms with E-state index in [2.05, 4.69) is 36.5 Å². The highest BCUT2D eigenvalue weighted by atomic mass is 15.1. The Bertz CT molecular complexity index is 341. The van der Waals surface area contributed by atoms with Crippen LogP contribution in [-0.4, -0.2) is 6.04 Å². The summed E-state index contributed by atoms with van der Waals surface area (Å²) in [6, 6.07) is 9.90. The number of hydrogen-bond acceptors (Lipinski definition) is 1. The molecule has 0 spiro atoms. The quantitative estimate of drug-likeness (QED) is 0.736. The summed E-state index contributed by atoms with van der Waals surface area (Å²) in [6.45, 7) is 2.16. The zero-order chi connectivity index (χ0) is 10.3. The number of hydrogen-bond donors (Lipinski definition) is 1. The minimum Gasteiger partial charge on any atom is -0.304 e. The van der Waals surface area contributed by atoms with Gasteiger partial charge in [-0.2, -0.15) is 0 Å². The summed E-state index contributed by atoms with van der Waals surface area (Å²) in [5.74, 6) is 0. The van der Waals surface area contributed by atoms with E-state index in [4.69, 9.17) is 0 Å². The summed E-state index contributed by atoms with van der Waals surface area (Å²) in [5.41, 5.74) is 3.21. The van der Waals surface area contributed by atoms with Crippen molar-refractivity contribution in [2.24, 2.45) is 0 Å². The number of nitrogens with one attached hydrogen (secondary N) is 1. The lowest BCUT2D eigenvalue weighted by atomic mass is 9.74. The van der Waals surface area contributed by atoms with E-state index in [0.717, 1.165) is 6.04 Å². The summed E-state index contributed by atoms with van der Waals surface area (Å²) < 4.78 is 0. The Hall–Kier alpha value is -0.820. The fourth-order valence-electron chi connectivity index (χ4n) is 3.17. The molecule has 0 amide bonds. The molecule has 1 saturated carbocycles. The van der Waals surface area contributed by atoms with Gasteiger partial charge >= 0.3 is 0 Å². The molecule has 0 aromatic heterocycles. The lowest BCUT2D eigenvalue weighted by Crippen LogP contribution is -2.59. The molecular formula is C14H19N. The van der Waals surface area contributed by atoms with Crippen molar-refractivity contribution in [3.8, 4) is 0 Å². The third kappa shape index (κ3) is 1.50. The second-order valence-corrected chi connectivity index (χ2v) is 5.24. The van der Waals surface area contributed by atoms with E-state index in [-0.39, 0.29) is 0 Å². The van der Waals surface area contributed by atoms with E-state index < -0.39 is 0 Å². The molecule has 2 aliphatic heterocycles. The van der Waals surface area contributed by atoms with Crippen LogP contribution in [0.2, 0.25) is 0 Å². The van der Waals surface area contributed by atoms with Crippen LogP contribution < -0.4 is 5.32 Å². The third-order valence-corrected chi connectivity index (χ3v) is 4.09. The van der Waals surface area contributed by atoms with Gasteiger partial charge in [0.05, 0.1) is 0 Å². The van der Waals surface area contributed by atoms with Crippen LogP contribution in [0.3, 0.4) is 0 Å². The second kappa shape index (κ2) is 3.34. The Morgan fingerprint density at radius 3 is 2.67 bits per heavy atom. The Labute approximate surface area is 91.9 Å². The van der Waals surface area contributed by atoms with Crippen molar-refractivity contribution < 1.29 is 0 Å². The largest absolute Gasteiger partial charge is 0.304 e. The van der Waals surface area contributed by atoms with E-state index in [1.54, 1.807) is 0 Å². The van der Waals surface area contributed by atoms with Crippen LogP contribution in [0.5, 0.6) is 0 Å². The molecule has 1 aromatic rings. The molecule has 1 nitrogen and oxygen atoms in total. The molecular weight excluding hydrogens is 182 g/mol. The van der Waals surface area contributed by atoms with Gasteiger partial charge < -0.3 is 5.32 Å². The zero-order valence-corrected chi connectivity index (χ0v) is 9.42. The van der Waals surface area contributed by atoms with Crippen LogP contribution >= 0.6 is 0 Å². The van der Waals surface area contributed by atoms with E-state index in [0.29, 0.717) is 5.54 Å². The Kier molecular flexibility index (Phi) is 2.10. The van der Waals surface area contributed by atoms with Crippen LogP contribution in [0.4, 0.5) is 0 Å². The average molecular weight is 201 g/mol. The fraction of sp³-hybridized carbons (Fsp3) is 0.571. The molecule has 2 unspecified atom stereocenters. The van der Waals surface area contributed by atoms with Gasteiger partial charge in [-0.15, -0.1) is 0 Å². The van der Waals surface area contributed by atoms with E-state index in [9.17, 15) is 0 Å². The van der Waals surface area contributed by atoms with Gasteiger partial charge in [-0.1, -0.05) is 42.7 Å². The van der Waals surface area contributed by atoms with Gasteiger partial charge in [0.2, 0.25) is 0 Å². The number of benzene rings is 1. The topological polar surface area (TPSA) is 12.0 Å². The first-order valence-corrected chi connectivity index (χ1v) is 6.13. The van der Waals surface area contributed by atoms with Crippen molar-refractivity contribution in [1.82, 2.24) is 5.32 Å². The summed E-state index contributed by atoms with van der Waals surface area (Å²) in [5, 5.41) is 3.79. The summed E-state index contributed by atoms with van der Waals surface area (Å²) >= 11 is 0. The normalized spacial score (nSPS) is 34.3. The first-order chi connectivity index (χ1) is 7.28. The van der Waals surface area contributed by atoms with Crippen LogP contribution in [-0.2, 0) is 5.54 Å². The number of aryl methyl sites for hydroxylation is 1. The van der Waals surface area contributed by atoms with Crippen molar-refractivity contribution in [3.05, 3.63) is 35.4 Å². The predicted molar refractivity (Wildman–Crippen MR) is 62.9 cm³/mol. The van der Waals surface area contributed by atoms with E-state index in [1.807, 2.05) is 0 Å². The van der Waals surface area contributed by atoms with Gasteiger partial charge in [0, 0.05) is 11.6 Å². The van der Waals surface area contributed by atoms with Crippen molar-refractivity contribution in [3.63, 3.8) is 0 Å². The molecule has 2 heterocycles. The minimum absolute atomic E-state index is 0.342. The molecule has 15 heavy (non-hydrogen) atoms. The first kappa shape index (κ1) is 9.41. The molecule has 3 aliphatic rings. The molecule has 1 N–H and O–H groups in total. The van der Waals surface area contributed by atoms with E-state index >= 15 is 0 Å². The molecule has 2 atom stereocenters. The van der Waals surface area contributed by atoms with E-state index in [1.165, 1.54) is 43.2 Å². The molecule has 1 aromatic carbocycles. The molecule has 1 aliphatic carbocycles. The number of fused-ring (bicyclic) bond motifs is 3. The zero-order valence-electron chi connectivity index (χ0n) is 9.42. The Balaban J connectivity index is 1.89. The van der Waals surface area contributed by atoms with Crippen molar-refractivity contribution in [1.29, 1.82) is 0 Å². The van der Waals surface area contributed by atoms with Gasteiger partial charge in [0.15, 0.2) is 0 Å². The Morgan fingerprint density at radius 1 is 1.20 bits per heavy atom. The highest BCUT2D eigenvalue weighted by Gasteiger charge is 2.45. The Morgan fingerprint density at radius 2 is 1.93 bits per heavy atom. The smallest absolute Gasteiger partial charge is 0.0451 e. The molecule has 80 valence electrons. The minimum atomic E-state index is 0.342.